The summed E-state index contributed by atoms with van der Waals surface area (Å²) in [5.74, 6) is -0.740. The average Bonchev–Trinajstić information content (AvgIpc) is 2.78. The van der Waals surface area contributed by atoms with Crippen LogP contribution in [0.1, 0.15) is 18.4 Å². The number of hydrogen-bond donors (Lipinski definition) is 2. The van der Waals surface area contributed by atoms with Crippen molar-refractivity contribution in [3.63, 3.8) is 0 Å². The Kier molecular flexibility index (Phi) is 4.20. The highest BCUT2D eigenvalue weighted by atomic mass is 16.4. The molecule has 0 spiro atoms. The predicted molar refractivity (Wildman–Crippen MR) is 72.1 cm³/mol. The summed E-state index contributed by atoms with van der Waals surface area (Å²) in [6.45, 7) is 4.64. The van der Waals surface area contributed by atoms with Crippen LogP contribution in [0, 0.1) is 6.92 Å². The van der Waals surface area contributed by atoms with Gasteiger partial charge in [0, 0.05) is 31.4 Å². The van der Waals surface area contributed by atoms with Crippen molar-refractivity contribution in [3.8, 4) is 0 Å². The van der Waals surface area contributed by atoms with E-state index in [0.717, 1.165) is 19.5 Å². The first-order chi connectivity index (χ1) is 8.65. The molecule has 0 bridgehead atoms. The van der Waals surface area contributed by atoms with Crippen LogP contribution in [0.3, 0.4) is 0 Å². The van der Waals surface area contributed by atoms with Crippen molar-refractivity contribution >= 4 is 11.7 Å². The first-order valence-corrected chi connectivity index (χ1v) is 6.42. The van der Waals surface area contributed by atoms with Crippen LogP contribution in [0.2, 0.25) is 0 Å². The fraction of sp³-hybridized carbons (Fsp3) is 0.500. The molecule has 2 rings (SSSR count). The molecule has 1 atom stereocenters. The average molecular weight is 248 g/mol. The quantitative estimate of drug-likeness (QED) is 0.831. The highest BCUT2D eigenvalue weighted by molar-refractivity contribution is 5.66. The van der Waals surface area contributed by atoms with Crippen molar-refractivity contribution in [2.75, 3.05) is 24.5 Å². The number of aryl methyl sites for hydroxylation is 1. The zero-order valence-corrected chi connectivity index (χ0v) is 10.7. The Morgan fingerprint density at radius 3 is 2.83 bits per heavy atom. The van der Waals surface area contributed by atoms with Crippen molar-refractivity contribution in [1.82, 2.24) is 5.32 Å². The lowest BCUT2D eigenvalue weighted by molar-refractivity contribution is -0.136. The van der Waals surface area contributed by atoms with Crippen molar-refractivity contribution in [2.24, 2.45) is 0 Å². The van der Waals surface area contributed by atoms with Gasteiger partial charge in [0.1, 0.15) is 0 Å². The van der Waals surface area contributed by atoms with E-state index < -0.39 is 5.97 Å². The van der Waals surface area contributed by atoms with Crippen LogP contribution in [0.4, 0.5) is 5.69 Å². The van der Waals surface area contributed by atoms with Gasteiger partial charge in [-0.2, -0.15) is 0 Å². The highest BCUT2D eigenvalue weighted by Crippen LogP contribution is 2.20. The molecule has 0 saturated carbocycles. The number of anilines is 1. The summed E-state index contributed by atoms with van der Waals surface area (Å²) >= 11 is 0. The lowest BCUT2D eigenvalue weighted by Crippen LogP contribution is -2.33. The standard InChI is InChI=1S/C14H20N2O2/c1-11-2-4-13(5-3-11)16-9-7-12(10-16)15-8-6-14(17)18/h2-5,12,15H,6-10H2,1H3,(H,17,18). The van der Waals surface area contributed by atoms with Crippen LogP contribution >= 0.6 is 0 Å². The molecule has 1 aliphatic heterocycles. The topological polar surface area (TPSA) is 52.6 Å². The summed E-state index contributed by atoms with van der Waals surface area (Å²) in [6.07, 6.45) is 1.27. The molecule has 18 heavy (non-hydrogen) atoms. The number of benzene rings is 1. The lowest BCUT2D eigenvalue weighted by Gasteiger charge is -2.19. The molecule has 1 unspecified atom stereocenters. The van der Waals surface area contributed by atoms with Gasteiger partial charge >= 0.3 is 5.97 Å². The molecule has 98 valence electrons. The Morgan fingerprint density at radius 1 is 1.44 bits per heavy atom. The first-order valence-electron chi connectivity index (χ1n) is 6.42. The molecule has 1 fully saturated rings. The summed E-state index contributed by atoms with van der Waals surface area (Å²) in [5.41, 5.74) is 2.53. The van der Waals surface area contributed by atoms with E-state index in [1.807, 2.05) is 0 Å². The van der Waals surface area contributed by atoms with Crippen molar-refractivity contribution in [2.45, 2.75) is 25.8 Å². The summed E-state index contributed by atoms with van der Waals surface area (Å²) in [7, 11) is 0. The lowest BCUT2D eigenvalue weighted by atomic mass is 10.2. The minimum Gasteiger partial charge on any atom is -0.481 e. The SMILES string of the molecule is Cc1ccc(N2CCC(NCCC(=O)O)C2)cc1. The maximum Gasteiger partial charge on any atom is 0.304 e. The molecular formula is C14H20N2O2. The minimum absolute atomic E-state index is 0.195. The number of carbonyl (C=O) groups is 1. The molecule has 1 heterocycles. The molecule has 0 amide bonds. The summed E-state index contributed by atoms with van der Waals surface area (Å²) < 4.78 is 0. The smallest absolute Gasteiger partial charge is 0.304 e. The molecule has 1 saturated heterocycles. The zero-order chi connectivity index (χ0) is 13.0. The number of nitrogens with zero attached hydrogens (tertiary/aromatic N) is 1. The Morgan fingerprint density at radius 2 is 2.17 bits per heavy atom. The van der Waals surface area contributed by atoms with Crippen LogP contribution < -0.4 is 10.2 Å². The van der Waals surface area contributed by atoms with Gasteiger partial charge in [-0.1, -0.05) is 17.7 Å². The molecule has 4 heteroatoms. The van der Waals surface area contributed by atoms with Crippen LogP contribution in [0.5, 0.6) is 0 Å². The number of carboxylic acids is 1. The Hall–Kier alpha value is -1.55. The van der Waals surface area contributed by atoms with Gasteiger partial charge in [0.15, 0.2) is 0 Å². The van der Waals surface area contributed by atoms with Crippen LogP contribution in [0.25, 0.3) is 0 Å². The van der Waals surface area contributed by atoms with Gasteiger partial charge in [-0.25, -0.2) is 0 Å². The van der Waals surface area contributed by atoms with E-state index >= 15 is 0 Å². The van der Waals surface area contributed by atoms with Gasteiger partial charge in [0.2, 0.25) is 0 Å². The summed E-state index contributed by atoms with van der Waals surface area (Å²) in [4.78, 5) is 12.8. The fourth-order valence-electron chi connectivity index (χ4n) is 2.30. The van der Waals surface area contributed by atoms with Crippen molar-refractivity contribution < 1.29 is 9.90 Å². The van der Waals surface area contributed by atoms with Crippen molar-refractivity contribution in [3.05, 3.63) is 29.8 Å². The molecule has 0 aromatic heterocycles. The molecule has 1 aromatic rings. The second kappa shape index (κ2) is 5.87. The van der Waals surface area contributed by atoms with Crippen LogP contribution in [-0.2, 0) is 4.79 Å². The second-order valence-corrected chi connectivity index (χ2v) is 4.87. The molecule has 2 N–H and O–H groups in total. The molecular weight excluding hydrogens is 228 g/mol. The molecule has 1 aliphatic rings. The third-order valence-corrected chi connectivity index (χ3v) is 3.36. The molecule has 4 nitrogen and oxygen atoms in total. The molecule has 1 aromatic carbocycles. The number of rotatable bonds is 5. The Bertz CT molecular complexity index is 403. The van der Waals surface area contributed by atoms with Gasteiger partial charge in [0.25, 0.3) is 0 Å². The third kappa shape index (κ3) is 3.47. The van der Waals surface area contributed by atoms with Crippen LogP contribution in [-0.4, -0.2) is 36.8 Å². The van der Waals surface area contributed by atoms with Gasteiger partial charge < -0.3 is 15.3 Å². The van der Waals surface area contributed by atoms with Gasteiger partial charge in [0.05, 0.1) is 6.42 Å². The van der Waals surface area contributed by atoms with Gasteiger partial charge in [-0.3, -0.25) is 4.79 Å². The minimum atomic E-state index is -0.740. The number of aliphatic carboxylic acids is 1. The highest BCUT2D eigenvalue weighted by Gasteiger charge is 2.21. The van der Waals surface area contributed by atoms with E-state index in [1.54, 1.807) is 0 Å². The normalized spacial score (nSPS) is 19.2. The van der Waals surface area contributed by atoms with Crippen molar-refractivity contribution in [1.29, 1.82) is 0 Å². The summed E-state index contributed by atoms with van der Waals surface area (Å²) in [5, 5.41) is 11.9. The van der Waals surface area contributed by atoms with E-state index in [2.05, 4.69) is 41.4 Å². The number of hydrogen-bond acceptors (Lipinski definition) is 3. The van der Waals surface area contributed by atoms with Crippen LogP contribution in [0.15, 0.2) is 24.3 Å². The molecule has 0 radical (unpaired) electrons. The maximum atomic E-state index is 10.4. The number of nitrogens with one attached hydrogen (secondary N) is 1. The fourth-order valence-corrected chi connectivity index (χ4v) is 2.30. The zero-order valence-electron chi connectivity index (χ0n) is 10.7. The van der Waals surface area contributed by atoms with E-state index in [-0.39, 0.29) is 6.42 Å². The second-order valence-electron chi connectivity index (χ2n) is 4.87. The predicted octanol–water partition coefficient (Wildman–Crippen LogP) is 1.64. The van der Waals surface area contributed by atoms with E-state index in [4.69, 9.17) is 5.11 Å². The maximum absolute atomic E-state index is 10.4. The summed E-state index contributed by atoms with van der Waals surface area (Å²) in [6, 6.07) is 8.95. The Labute approximate surface area is 108 Å². The largest absolute Gasteiger partial charge is 0.481 e. The monoisotopic (exact) mass is 248 g/mol. The Balaban J connectivity index is 1.81. The van der Waals surface area contributed by atoms with E-state index in [1.165, 1.54) is 11.3 Å². The molecule has 0 aliphatic carbocycles. The van der Waals surface area contributed by atoms with Gasteiger partial charge in [-0.15, -0.1) is 0 Å². The van der Waals surface area contributed by atoms with Gasteiger partial charge in [-0.05, 0) is 25.5 Å². The van der Waals surface area contributed by atoms with E-state index in [0.29, 0.717) is 12.6 Å². The number of carboxylic acid groups (broad SMARTS) is 1. The van der Waals surface area contributed by atoms with E-state index in [9.17, 15) is 4.79 Å². The first kappa shape index (κ1) is 12.9. The third-order valence-electron chi connectivity index (χ3n) is 3.36.